The summed E-state index contributed by atoms with van der Waals surface area (Å²) in [6, 6.07) is 11.4. The van der Waals surface area contributed by atoms with Crippen LogP contribution < -0.4 is 11.1 Å². The van der Waals surface area contributed by atoms with E-state index in [2.05, 4.69) is 25.6 Å². The number of fused-ring (bicyclic) bond motifs is 1. The molecule has 3 amide bonds. The molecule has 5 rings (SSSR count). The molecule has 4 aromatic rings. The largest absolute Gasteiger partial charge is 0.364 e. The highest BCUT2D eigenvalue weighted by molar-refractivity contribution is 6.05. The molecular formula is C25H23FN8O3. The molecule has 1 aliphatic heterocycles. The number of halogens is 1. The minimum Gasteiger partial charge on any atom is -0.364 e. The van der Waals surface area contributed by atoms with Gasteiger partial charge in [-0.3, -0.25) is 24.0 Å². The second-order valence-corrected chi connectivity index (χ2v) is 8.67. The van der Waals surface area contributed by atoms with Crippen LogP contribution in [0.25, 0.3) is 22.0 Å². The zero-order valence-electron chi connectivity index (χ0n) is 19.6. The molecule has 3 aromatic heterocycles. The predicted molar refractivity (Wildman–Crippen MR) is 130 cm³/mol. The van der Waals surface area contributed by atoms with Crippen molar-refractivity contribution in [1.82, 2.24) is 35.2 Å². The Balaban J connectivity index is 1.37. The van der Waals surface area contributed by atoms with Crippen molar-refractivity contribution in [3.8, 4) is 11.1 Å². The van der Waals surface area contributed by atoms with Gasteiger partial charge in [0, 0.05) is 23.6 Å². The summed E-state index contributed by atoms with van der Waals surface area (Å²) in [4.78, 5) is 43.5. The topological polar surface area (TPSA) is 149 Å². The van der Waals surface area contributed by atoms with Crippen LogP contribution in [-0.4, -0.2) is 66.3 Å². The number of nitrogens with two attached hydrogens (primary N) is 1. The molecule has 0 saturated carbocycles. The van der Waals surface area contributed by atoms with Crippen molar-refractivity contribution >= 4 is 28.6 Å². The zero-order chi connectivity index (χ0) is 25.9. The van der Waals surface area contributed by atoms with Crippen LogP contribution in [0.4, 0.5) is 4.39 Å². The number of hydrogen-bond acceptors (Lipinski definition) is 7. The Hall–Kier alpha value is -4.74. The molecule has 1 fully saturated rings. The SMILES string of the molecule is NC(=O)c1nn(CC(=O)N2C[C@H](F)C[C@H]2C(=O)NCc2ccccn2)c2ccc(-c3ccnnc3)cc12. The summed E-state index contributed by atoms with van der Waals surface area (Å²) < 4.78 is 15.7. The molecule has 0 spiro atoms. The second kappa shape index (κ2) is 10.1. The van der Waals surface area contributed by atoms with E-state index in [0.717, 1.165) is 11.1 Å². The van der Waals surface area contributed by atoms with E-state index >= 15 is 0 Å². The number of carbonyl (C=O) groups is 3. The van der Waals surface area contributed by atoms with E-state index in [9.17, 15) is 18.8 Å². The van der Waals surface area contributed by atoms with Gasteiger partial charge in [0.15, 0.2) is 5.69 Å². The lowest BCUT2D eigenvalue weighted by atomic mass is 10.0. The van der Waals surface area contributed by atoms with Crippen molar-refractivity contribution in [2.24, 2.45) is 5.73 Å². The van der Waals surface area contributed by atoms with Crippen molar-refractivity contribution in [3.63, 3.8) is 0 Å². The van der Waals surface area contributed by atoms with Crippen molar-refractivity contribution in [2.75, 3.05) is 6.54 Å². The number of nitrogens with zero attached hydrogens (tertiary/aromatic N) is 6. The van der Waals surface area contributed by atoms with Crippen molar-refractivity contribution in [3.05, 3.63) is 72.4 Å². The summed E-state index contributed by atoms with van der Waals surface area (Å²) in [5.74, 6) is -1.71. The van der Waals surface area contributed by atoms with E-state index in [1.54, 1.807) is 61.1 Å². The van der Waals surface area contributed by atoms with Crippen LogP contribution in [-0.2, 0) is 22.7 Å². The molecule has 0 bridgehead atoms. The fourth-order valence-electron chi connectivity index (χ4n) is 4.45. The molecule has 4 heterocycles. The summed E-state index contributed by atoms with van der Waals surface area (Å²) in [6.07, 6.45) is 3.31. The van der Waals surface area contributed by atoms with E-state index < -0.39 is 29.9 Å². The van der Waals surface area contributed by atoms with Gasteiger partial charge in [-0.25, -0.2) is 4.39 Å². The number of alkyl halides is 1. The van der Waals surface area contributed by atoms with Crippen LogP contribution in [0.15, 0.2) is 61.1 Å². The standard InChI is InChI=1S/C25H23FN8O3/c26-17-10-21(25(37)29-12-18-3-1-2-7-28-18)33(13-17)22(35)14-34-20-5-4-15(16-6-8-30-31-11-16)9-19(20)23(32-34)24(27)36/h1-9,11,17,21H,10,12-14H2,(H2,27,36)(H,29,37)/t17-,21+/m1/s1. The number of carbonyl (C=O) groups excluding carboxylic acids is 3. The third-order valence-electron chi connectivity index (χ3n) is 6.23. The lowest BCUT2D eigenvalue weighted by Gasteiger charge is -2.23. The second-order valence-electron chi connectivity index (χ2n) is 8.67. The Labute approximate surface area is 210 Å². The number of rotatable bonds is 7. The number of primary amides is 1. The predicted octanol–water partition coefficient (Wildman–Crippen LogP) is 1.24. The summed E-state index contributed by atoms with van der Waals surface area (Å²) in [5.41, 5.74) is 8.25. The maximum atomic E-state index is 14.3. The van der Waals surface area contributed by atoms with E-state index in [0.29, 0.717) is 16.6 Å². The number of benzene rings is 1. The molecule has 1 saturated heterocycles. The molecule has 3 N–H and O–H groups in total. The molecule has 37 heavy (non-hydrogen) atoms. The van der Waals surface area contributed by atoms with Crippen LogP contribution in [0.5, 0.6) is 0 Å². The van der Waals surface area contributed by atoms with Crippen LogP contribution in [0, 0.1) is 0 Å². The van der Waals surface area contributed by atoms with Gasteiger partial charge in [0.1, 0.15) is 18.8 Å². The molecule has 2 atom stereocenters. The maximum absolute atomic E-state index is 14.3. The fourth-order valence-corrected chi connectivity index (χ4v) is 4.45. The van der Waals surface area contributed by atoms with Gasteiger partial charge in [0.05, 0.1) is 36.7 Å². The first-order valence-electron chi connectivity index (χ1n) is 11.6. The average Bonchev–Trinajstić information content (AvgIpc) is 3.49. The summed E-state index contributed by atoms with van der Waals surface area (Å²) in [5, 5.41) is 15.1. The van der Waals surface area contributed by atoms with Crippen LogP contribution >= 0.6 is 0 Å². The van der Waals surface area contributed by atoms with Crippen LogP contribution in [0.2, 0.25) is 0 Å². The Morgan fingerprint density at radius 1 is 1.08 bits per heavy atom. The first-order chi connectivity index (χ1) is 17.9. The molecule has 11 nitrogen and oxygen atoms in total. The fraction of sp³-hybridized carbons (Fsp3) is 0.240. The lowest BCUT2D eigenvalue weighted by Crippen LogP contribution is -2.46. The van der Waals surface area contributed by atoms with Gasteiger partial charge >= 0.3 is 0 Å². The first kappa shape index (κ1) is 24.0. The van der Waals surface area contributed by atoms with Gasteiger partial charge in [-0.05, 0) is 35.9 Å². The highest BCUT2D eigenvalue weighted by atomic mass is 19.1. The van der Waals surface area contributed by atoms with Gasteiger partial charge in [0.25, 0.3) is 5.91 Å². The van der Waals surface area contributed by atoms with Crippen molar-refractivity contribution in [2.45, 2.75) is 31.7 Å². The lowest BCUT2D eigenvalue weighted by molar-refractivity contribution is -0.139. The van der Waals surface area contributed by atoms with Gasteiger partial charge in [0.2, 0.25) is 11.8 Å². The Morgan fingerprint density at radius 3 is 2.68 bits per heavy atom. The Bertz CT molecular complexity index is 1460. The van der Waals surface area contributed by atoms with Crippen molar-refractivity contribution < 1.29 is 18.8 Å². The van der Waals surface area contributed by atoms with Crippen LogP contribution in [0.3, 0.4) is 0 Å². The van der Waals surface area contributed by atoms with E-state index in [-0.39, 0.29) is 31.7 Å². The van der Waals surface area contributed by atoms with Gasteiger partial charge in [-0.15, -0.1) is 0 Å². The third kappa shape index (κ3) is 4.99. The zero-order valence-corrected chi connectivity index (χ0v) is 19.6. The number of hydrogen-bond donors (Lipinski definition) is 2. The first-order valence-corrected chi connectivity index (χ1v) is 11.6. The quantitative estimate of drug-likeness (QED) is 0.386. The summed E-state index contributed by atoms with van der Waals surface area (Å²) >= 11 is 0. The molecule has 0 radical (unpaired) electrons. The smallest absolute Gasteiger partial charge is 0.269 e. The van der Waals surface area contributed by atoms with Gasteiger partial charge < -0.3 is 16.0 Å². The molecular weight excluding hydrogens is 479 g/mol. The third-order valence-corrected chi connectivity index (χ3v) is 6.23. The Kier molecular flexibility index (Phi) is 6.54. The van der Waals surface area contributed by atoms with E-state index in [1.807, 2.05) is 0 Å². The van der Waals surface area contributed by atoms with Crippen LogP contribution in [0.1, 0.15) is 22.6 Å². The van der Waals surface area contributed by atoms with Gasteiger partial charge in [-0.2, -0.15) is 15.3 Å². The normalized spacial score (nSPS) is 17.2. The molecule has 12 heteroatoms. The number of pyridine rings is 1. The van der Waals surface area contributed by atoms with E-state index in [1.165, 1.54) is 9.58 Å². The molecule has 188 valence electrons. The number of amides is 3. The molecule has 0 unspecified atom stereocenters. The monoisotopic (exact) mass is 502 g/mol. The Morgan fingerprint density at radius 2 is 1.95 bits per heavy atom. The number of likely N-dealkylation sites (tertiary alicyclic amines) is 1. The highest BCUT2D eigenvalue weighted by Gasteiger charge is 2.40. The highest BCUT2D eigenvalue weighted by Crippen LogP contribution is 2.27. The molecule has 1 aromatic carbocycles. The summed E-state index contributed by atoms with van der Waals surface area (Å²) in [6.45, 7) is -0.339. The number of aromatic nitrogens is 5. The van der Waals surface area contributed by atoms with Gasteiger partial charge in [-0.1, -0.05) is 12.1 Å². The minimum absolute atomic E-state index is 0.00103. The summed E-state index contributed by atoms with van der Waals surface area (Å²) in [7, 11) is 0. The van der Waals surface area contributed by atoms with E-state index in [4.69, 9.17) is 5.73 Å². The van der Waals surface area contributed by atoms with Crippen molar-refractivity contribution in [1.29, 1.82) is 0 Å². The minimum atomic E-state index is -1.33. The number of nitrogens with one attached hydrogen (secondary N) is 1. The molecule has 1 aliphatic rings. The molecule has 0 aliphatic carbocycles. The average molecular weight is 503 g/mol. The maximum Gasteiger partial charge on any atom is 0.269 e.